The Hall–Kier alpha value is -2.05. The van der Waals surface area contributed by atoms with Gasteiger partial charge in [-0.25, -0.2) is 0 Å². The summed E-state index contributed by atoms with van der Waals surface area (Å²) in [5, 5.41) is 4.83. The molecule has 0 radical (unpaired) electrons. The highest BCUT2D eigenvalue weighted by atomic mass is 32.1. The van der Waals surface area contributed by atoms with Crippen molar-refractivity contribution in [1.29, 1.82) is 0 Å². The van der Waals surface area contributed by atoms with Crippen molar-refractivity contribution in [3.63, 3.8) is 0 Å². The zero-order valence-corrected chi connectivity index (χ0v) is 11.4. The molecule has 0 spiro atoms. The minimum atomic E-state index is 0.0516. The number of nitrogens with one attached hydrogen (secondary N) is 1. The molecule has 0 bridgehead atoms. The van der Waals surface area contributed by atoms with E-state index in [1.807, 2.05) is 47.8 Å². The molecule has 1 heterocycles. The molecule has 2 nitrogen and oxygen atoms in total. The third-order valence-electron chi connectivity index (χ3n) is 2.56. The van der Waals surface area contributed by atoms with Crippen molar-refractivity contribution in [3.8, 4) is 11.8 Å². The maximum absolute atomic E-state index is 11.6. The molecule has 3 heteroatoms. The average Bonchev–Trinajstić information content (AvgIpc) is 2.96. The van der Waals surface area contributed by atoms with Crippen LogP contribution in [0.25, 0.3) is 0 Å². The van der Waals surface area contributed by atoms with Crippen LogP contribution in [-0.2, 0) is 11.2 Å². The normalized spacial score (nSPS) is 9.47. The quantitative estimate of drug-likeness (QED) is 0.850. The van der Waals surface area contributed by atoms with Crippen LogP contribution in [0, 0.1) is 11.8 Å². The van der Waals surface area contributed by atoms with Crippen LogP contribution >= 0.6 is 11.3 Å². The van der Waals surface area contributed by atoms with Gasteiger partial charge in [-0.1, -0.05) is 36.1 Å². The maximum Gasteiger partial charge on any atom is 0.221 e. The van der Waals surface area contributed by atoms with Gasteiger partial charge in [0, 0.05) is 16.9 Å². The van der Waals surface area contributed by atoms with E-state index in [-0.39, 0.29) is 5.91 Å². The lowest BCUT2D eigenvalue weighted by Crippen LogP contribution is -2.23. The molecule has 19 heavy (non-hydrogen) atoms. The third-order valence-corrected chi connectivity index (χ3v) is 3.50. The van der Waals surface area contributed by atoms with Gasteiger partial charge in [-0.2, -0.15) is 0 Å². The fourth-order valence-corrected chi connectivity index (χ4v) is 2.30. The molecule has 2 aromatic rings. The largest absolute Gasteiger partial charge is 0.345 e. The lowest BCUT2D eigenvalue weighted by Gasteiger charge is -1.99. The van der Waals surface area contributed by atoms with Gasteiger partial charge in [-0.05, 0) is 30.0 Å². The van der Waals surface area contributed by atoms with Gasteiger partial charge in [0.05, 0.1) is 6.54 Å². The van der Waals surface area contributed by atoms with Crippen LogP contribution in [0.15, 0.2) is 47.8 Å². The molecule has 0 atom stereocenters. The van der Waals surface area contributed by atoms with E-state index in [1.165, 1.54) is 4.88 Å². The van der Waals surface area contributed by atoms with Gasteiger partial charge in [0.15, 0.2) is 0 Å². The predicted octanol–water partition coefficient (Wildman–Crippen LogP) is 2.85. The standard InChI is InChI=1S/C16H15NOS/c18-16(11-10-15-9-5-13-19-15)17-12-4-8-14-6-2-1-3-7-14/h1-3,5-7,9,13H,10-12H2,(H,17,18). The number of thiophene rings is 1. The number of aryl methyl sites for hydroxylation is 1. The summed E-state index contributed by atoms with van der Waals surface area (Å²) < 4.78 is 0. The van der Waals surface area contributed by atoms with Crippen LogP contribution in [0.3, 0.4) is 0 Å². The fraction of sp³-hybridized carbons (Fsp3) is 0.188. The van der Waals surface area contributed by atoms with Crippen molar-refractivity contribution in [3.05, 3.63) is 58.3 Å². The first-order valence-corrected chi connectivity index (χ1v) is 7.05. The second kappa shape index (κ2) is 7.40. The topological polar surface area (TPSA) is 29.1 Å². The number of hydrogen-bond donors (Lipinski definition) is 1. The van der Waals surface area contributed by atoms with Gasteiger partial charge in [-0.15, -0.1) is 11.3 Å². The molecule has 0 aliphatic rings. The van der Waals surface area contributed by atoms with Crippen molar-refractivity contribution < 1.29 is 4.79 Å². The summed E-state index contributed by atoms with van der Waals surface area (Å²) >= 11 is 1.68. The molecule has 0 aliphatic carbocycles. The van der Waals surface area contributed by atoms with Crippen molar-refractivity contribution in [2.24, 2.45) is 0 Å². The zero-order valence-electron chi connectivity index (χ0n) is 10.6. The molecule has 1 aromatic carbocycles. The minimum absolute atomic E-state index is 0.0516. The Morgan fingerprint density at radius 1 is 1.16 bits per heavy atom. The van der Waals surface area contributed by atoms with E-state index in [4.69, 9.17) is 0 Å². The molecule has 1 aromatic heterocycles. The van der Waals surface area contributed by atoms with E-state index in [2.05, 4.69) is 17.2 Å². The number of hydrogen-bond acceptors (Lipinski definition) is 2. The SMILES string of the molecule is O=C(CCc1cccs1)NCC#Cc1ccccc1. The zero-order chi connectivity index (χ0) is 13.3. The van der Waals surface area contributed by atoms with Gasteiger partial charge < -0.3 is 5.32 Å². The summed E-state index contributed by atoms with van der Waals surface area (Å²) in [5.74, 6) is 6.01. The van der Waals surface area contributed by atoms with E-state index in [1.54, 1.807) is 11.3 Å². The highest BCUT2D eigenvalue weighted by molar-refractivity contribution is 7.09. The van der Waals surface area contributed by atoms with Crippen molar-refractivity contribution >= 4 is 17.2 Å². The minimum Gasteiger partial charge on any atom is -0.345 e. The van der Waals surface area contributed by atoms with Gasteiger partial charge in [-0.3, -0.25) is 4.79 Å². The summed E-state index contributed by atoms with van der Waals surface area (Å²) in [6, 6.07) is 13.8. The molecule has 0 saturated carbocycles. The van der Waals surface area contributed by atoms with Crippen molar-refractivity contribution in [1.82, 2.24) is 5.32 Å². The lowest BCUT2D eigenvalue weighted by molar-refractivity contribution is -0.120. The van der Waals surface area contributed by atoms with E-state index >= 15 is 0 Å². The Kier molecular flexibility index (Phi) is 5.21. The predicted molar refractivity (Wildman–Crippen MR) is 79.0 cm³/mol. The van der Waals surface area contributed by atoms with E-state index in [0.717, 1.165) is 12.0 Å². The monoisotopic (exact) mass is 269 g/mol. The molecule has 0 fully saturated rings. The molecular weight excluding hydrogens is 254 g/mol. The van der Waals surface area contributed by atoms with Crippen LogP contribution in [0.5, 0.6) is 0 Å². The highest BCUT2D eigenvalue weighted by Gasteiger charge is 2.00. The van der Waals surface area contributed by atoms with Crippen LogP contribution in [-0.4, -0.2) is 12.5 Å². The van der Waals surface area contributed by atoms with E-state index in [9.17, 15) is 4.79 Å². The summed E-state index contributed by atoms with van der Waals surface area (Å²) in [4.78, 5) is 12.8. The van der Waals surface area contributed by atoms with E-state index in [0.29, 0.717) is 13.0 Å². The van der Waals surface area contributed by atoms with Gasteiger partial charge >= 0.3 is 0 Å². The van der Waals surface area contributed by atoms with Gasteiger partial charge in [0.1, 0.15) is 0 Å². The Morgan fingerprint density at radius 2 is 2.00 bits per heavy atom. The average molecular weight is 269 g/mol. The lowest BCUT2D eigenvalue weighted by atomic mass is 10.2. The first kappa shape index (κ1) is 13.4. The summed E-state index contributed by atoms with van der Waals surface area (Å²) in [6.45, 7) is 0.401. The number of rotatable bonds is 4. The molecule has 0 unspecified atom stereocenters. The Bertz CT molecular complexity index is 564. The number of carbonyl (C=O) groups is 1. The van der Waals surface area contributed by atoms with Crippen LogP contribution < -0.4 is 5.32 Å². The van der Waals surface area contributed by atoms with Gasteiger partial charge in [0.25, 0.3) is 0 Å². The number of amides is 1. The van der Waals surface area contributed by atoms with E-state index < -0.39 is 0 Å². The summed E-state index contributed by atoms with van der Waals surface area (Å²) in [7, 11) is 0. The Morgan fingerprint density at radius 3 is 2.74 bits per heavy atom. The Labute approximate surface area is 117 Å². The maximum atomic E-state index is 11.6. The van der Waals surface area contributed by atoms with Crippen LogP contribution in [0.4, 0.5) is 0 Å². The first-order valence-electron chi connectivity index (χ1n) is 6.17. The molecule has 96 valence electrons. The van der Waals surface area contributed by atoms with Crippen molar-refractivity contribution in [2.45, 2.75) is 12.8 Å². The summed E-state index contributed by atoms with van der Waals surface area (Å²) in [6.07, 6.45) is 1.32. The molecular formula is C16H15NOS. The second-order valence-electron chi connectivity index (χ2n) is 4.02. The molecule has 1 N–H and O–H groups in total. The molecule has 0 aliphatic heterocycles. The second-order valence-corrected chi connectivity index (χ2v) is 5.06. The first-order chi connectivity index (χ1) is 9.34. The fourth-order valence-electron chi connectivity index (χ4n) is 1.59. The summed E-state index contributed by atoms with van der Waals surface area (Å²) in [5.41, 5.74) is 0.968. The van der Waals surface area contributed by atoms with Crippen LogP contribution in [0.1, 0.15) is 16.9 Å². The third kappa shape index (κ3) is 4.99. The Balaban J connectivity index is 1.68. The highest BCUT2D eigenvalue weighted by Crippen LogP contribution is 2.10. The van der Waals surface area contributed by atoms with Gasteiger partial charge in [0.2, 0.25) is 5.91 Å². The molecule has 1 amide bonds. The smallest absolute Gasteiger partial charge is 0.221 e. The number of benzene rings is 1. The van der Waals surface area contributed by atoms with Crippen LogP contribution in [0.2, 0.25) is 0 Å². The molecule has 2 rings (SSSR count). The molecule has 0 saturated heterocycles. The number of carbonyl (C=O) groups excluding carboxylic acids is 1. The van der Waals surface area contributed by atoms with Crippen molar-refractivity contribution in [2.75, 3.05) is 6.54 Å².